The zero-order valence-electron chi connectivity index (χ0n) is 18.9. The highest BCUT2D eigenvalue weighted by molar-refractivity contribution is 5.74. The van der Waals surface area contributed by atoms with E-state index in [1.165, 1.54) is 18.4 Å². The van der Waals surface area contributed by atoms with Gasteiger partial charge in [-0.1, -0.05) is 31.2 Å². The third-order valence-corrected chi connectivity index (χ3v) is 6.41. The molecule has 1 saturated carbocycles. The Balaban J connectivity index is 1.50. The van der Waals surface area contributed by atoms with Gasteiger partial charge in [-0.3, -0.25) is 9.78 Å². The fourth-order valence-corrected chi connectivity index (χ4v) is 4.25. The van der Waals surface area contributed by atoms with Crippen LogP contribution in [0.4, 0.5) is 10.3 Å². The molecule has 0 bridgehead atoms. The lowest BCUT2D eigenvalue weighted by Crippen LogP contribution is -2.29. The number of H-pyrrole nitrogens is 1. The van der Waals surface area contributed by atoms with Crippen molar-refractivity contribution < 1.29 is 4.39 Å². The lowest BCUT2D eigenvalue weighted by molar-refractivity contribution is 0.565. The van der Waals surface area contributed by atoms with Gasteiger partial charge in [0.2, 0.25) is 5.95 Å². The van der Waals surface area contributed by atoms with E-state index in [-0.39, 0.29) is 17.6 Å². The minimum Gasteiger partial charge on any atom is -0.335 e. The summed E-state index contributed by atoms with van der Waals surface area (Å²) in [5.74, 6) is 1.05. The van der Waals surface area contributed by atoms with Crippen molar-refractivity contribution in [3.63, 3.8) is 0 Å². The van der Waals surface area contributed by atoms with Gasteiger partial charge < -0.3 is 4.90 Å². The monoisotopic (exact) mass is 447 g/mol. The van der Waals surface area contributed by atoms with Gasteiger partial charge in [0, 0.05) is 7.05 Å². The van der Waals surface area contributed by atoms with Crippen LogP contribution in [-0.2, 0) is 0 Å². The molecule has 0 saturated heterocycles. The molecule has 0 aliphatic heterocycles. The topological polar surface area (TPSA) is 92.6 Å². The Kier molecular flexibility index (Phi) is 5.39. The standard InChI is InChI=1S/C24H26FN7O/c1-4-20(21-26-11-18(25)12-27-21)31(3)24-29-22-19(23(33)30-24)13-28-32(22)14(2)15-5-7-16(8-6-15)17-9-10-17/h5-8,11-14,17,20H,4,9-10H2,1-3H3,(H,29,30,33). The van der Waals surface area contributed by atoms with Gasteiger partial charge in [-0.25, -0.2) is 19.0 Å². The highest BCUT2D eigenvalue weighted by Gasteiger charge is 2.25. The number of aromatic nitrogens is 6. The predicted octanol–water partition coefficient (Wildman–Crippen LogP) is 4.12. The average molecular weight is 448 g/mol. The van der Waals surface area contributed by atoms with Crippen LogP contribution in [0.1, 0.15) is 68.1 Å². The quantitative estimate of drug-likeness (QED) is 0.458. The van der Waals surface area contributed by atoms with E-state index >= 15 is 0 Å². The number of nitrogens with zero attached hydrogens (tertiary/aromatic N) is 6. The predicted molar refractivity (Wildman–Crippen MR) is 124 cm³/mol. The van der Waals surface area contributed by atoms with E-state index in [0.717, 1.165) is 18.0 Å². The smallest absolute Gasteiger partial charge is 0.263 e. The second-order valence-corrected chi connectivity index (χ2v) is 8.63. The Morgan fingerprint density at radius 1 is 1.18 bits per heavy atom. The van der Waals surface area contributed by atoms with Crippen molar-refractivity contribution >= 4 is 17.0 Å². The Bertz CT molecular complexity index is 1330. The highest BCUT2D eigenvalue weighted by atomic mass is 19.1. The first-order valence-electron chi connectivity index (χ1n) is 11.2. The molecule has 1 aliphatic carbocycles. The Morgan fingerprint density at radius 3 is 2.52 bits per heavy atom. The van der Waals surface area contributed by atoms with Crippen molar-refractivity contribution in [1.29, 1.82) is 0 Å². The van der Waals surface area contributed by atoms with E-state index in [2.05, 4.69) is 44.3 Å². The highest BCUT2D eigenvalue weighted by Crippen LogP contribution is 2.40. The third-order valence-electron chi connectivity index (χ3n) is 6.41. The van der Waals surface area contributed by atoms with Crippen molar-refractivity contribution in [2.45, 2.75) is 51.1 Å². The minimum atomic E-state index is -0.493. The summed E-state index contributed by atoms with van der Waals surface area (Å²) in [7, 11) is 1.81. The first-order valence-corrected chi connectivity index (χ1v) is 11.2. The van der Waals surface area contributed by atoms with Crippen molar-refractivity contribution in [3.8, 4) is 0 Å². The summed E-state index contributed by atoms with van der Waals surface area (Å²) in [4.78, 5) is 30.5. The molecular formula is C24H26FN7O. The summed E-state index contributed by atoms with van der Waals surface area (Å²) in [6, 6.07) is 8.25. The van der Waals surface area contributed by atoms with E-state index in [1.807, 2.05) is 20.9 Å². The molecule has 1 fully saturated rings. The maximum atomic E-state index is 13.3. The van der Waals surface area contributed by atoms with E-state index in [0.29, 0.717) is 35.1 Å². The first-order chi connectivity index (χ1) is 16.0. The lowest BCUT2D eigenvalue weighted by Gasteiger charge is -2.26. The molecule has 9 heteroatoms. The van der Waals surface area contributed by atoms with Crippen molar-refractivity contribution in [1.82, 2.24) is 29.7 Å². The summed E-state index contributed by atoms with van der Waals surface area (Å²) >= 11 is 0. The van der Waals surface area contributed by atoms with Gasteiger partial charge in [0.25, 0.3) is 5.56 Å². The van der Waals surface area contributed by atoms with Gasteiger partial charge in [0.1, 0.15) is 5.39 Å². The van der Waals surface area contributed by atoms with Crippen LogP contribution in [0.15, 0.2) is 47.7 Å². The van der Waals surface area contributed by atoms with E-state index in [4.69, 9.17) is 4.98 Å². The summed E-state index contributed by atoms with van der Waals surface area (Å²) in [5.41, 5.74) is 2.73. The molecule has 0 radical (unpaired) electrons. The summed E-state index contributed by atoms with van der Waals surface area (Å²) in [5, 5.41) is 4.92. The maximum absolute atomic E-state index is 13.3. The van der Waals surface area contributed by atoms with Crippen LogP contribution in [0, 0.1) is 5.82 Å². The minimum absolute atomic E-state index is 0.0920. The largest absolute Gasteiger partial charge is 0.335 e. The van der Waals surface area contributed by atoms with E-state index in [1.54, 1.807) is 15.8 Å². The number of rotatable bonds is 7. The molecular weight excluding hydrogens is 421 g/mol. The lowest BCUT2D eigenvalue weighted by atomic mass is 10.0. The molecule has 5 rings (SSSR count). The molecule has 2 atom stereocenters. The number of benzene rings is 1. The van der Waals surface area contributed by atoms with Crippen molar-refractivity contribution in [2.75, 3.05) is 11.9 Å². The molecule has 2 unspecified atom stereocenters. The Morgan fingerprint density at radius 2 is 1.88 bits per heavy atom. The molecule has 0 amide bonds. The molecule has 3 aromatic heterocycles. The van der Waals surface area contributed by atoms with Gasteiger partial charge in [-0.2, -0.15) is 10.1 Å². The van der Waals surface area contributed by atoms with Crippen LogP contribution >= 0.6 is 0 Å². The molecule has 0 spiro atoms. The number of hydrogen-bond acceptors (Lipinski definition) is 6. The van der Waals surface area contributed by atoms with Gasteiger partial charge in [0.05, 0.1) is 30.7 Å². The Labute approximate surface area is 190 Å². The molecule has 33 heavy (non-hydrogen) atoms. The molecule has 1 aliphatic rings. The molecule has 170 valence electrons. The zero-order chi connectivity index (χ0) is 23.1. The second kappa shape index (κ2) is 8.38. The third kappa shape index (κ3) is 3.99. The number of nitrogens with one attached hydrogen (secondary N) is 1. The fraction of sp³-hybridized carbons (Fsp3) is 0.375. The zero-order valence-corrected chi connectivity index (χ0v) is 18.9. The normalized spacial score (nSPS) is 15.5. The number of halogens is 1. The summed E-state index contributed by atoms with van der Waals surface area (Å²) in [6.45, 7) is 4.02. The van der Waals surface area contributed by atoms with Crippen LogP contribution in [0.25, 0.3) is 11.0 Å². The van der Waals surface area contributed by atoms with Crippen LogP contribution in [-0.4, -0.2) is 36.8 Å². The van der Waals surface area contributed by atoms with E-state index < -0.39 is 5.82 Å². The first kappa shape index (κ1) is 21.2. The van der Waals surface area contributed by atoms with Crippen LogP contribution < -0.4 is 10.5 Å². The van der Waals surface area contributed by atoms with Gasteiger partial charge in [-0.05, 0) is 43.2 Å². The van der Waals surface area contributed by atoms with Crippen LogP contribution in [0.5, 0.6) is 0 Å². The second-order valence-electron chi connectivity index (χ2n) is 8.63. The van der Waals surface area contributed by atoms with Gasteiger partial charge in [0.15, 0.2) is 17.3 Å². The molecule has 3 heterocycles. The number of hydrogen-bond donors (Lipinski definition) is 1. The molecule has 8 nitrogen and oxygen atoms in total. The Hall–Kier alpha value is -3.62. The van der Waals surface area contributed by atoms with Crippen molar-refractivity contribution in [2.24, 2.45) is 0 Å². The van der Waals surface area contributed by atoms with Crippen molar-refractivity contribution in [3.05, 3.63) is 76.0 Å². The average Bonchev–Trinajstić information content (AvgIpc) is 3.59. The molecule has 4 aromatic rings. The number of anilines is 1. The van der Waals surface area contributed by atoms with E-state index in [9.17, 15) is 9.18 Å². The van der Waals surface area contributed by atoms with Gasteiger partial charge in [-0.15, -0.1) is 0 Å². The van der Waals surface area contributed by atoms with Crippen LogP contribution in [0.3, 0.4) is 0 Å². The fourth-order valence-electron chi connectivity index (χ4n) is 4.25. The summed E-state index contributed by atoms with van der Waals surface area (Å²) < 4.78 is 15.1. The molecule has 1 N–H and O–H groups in total. The molecule has 1 aromatic carbocycles. The number of aromatic amines is 1. The number of fused-ring (bicyclic) bond motifs is 1. The van der Waals surface area contributed by atoms with Crippen LogP contribution in [0.2, 0.25) is 0 Å². The van der Waals surface area contributed by atoms with Gasteiger partial charge >= 0.3 is 0 Å². The summed E-state index contributed by atoms with van der Waals surface area (Å²) in [6.07, 6.45) is 7.02. The maximum Gasteiger partial charge on any atom is 0.263 e. The SMILES string of the molecule is CCC(c1ncc(F)cn1)N(C)c1nc2c(cnn2C(C)c2ccc(C3CC3)cc2)c(=O)[nH]1.